The normalized spacial score (nSPS) is 10.9. The molecule has 7 heteroatoms. The average molecular weight is 363 g/mol. The van der Waals surface area contributed by atoms with Crippen molar-refractivity contribution in [3.8, 4) is 11.3 Å². The maximum Gasteiger partial charge on any atom is 0.235 e. The second-order valence-corrected chi connectivity index (χ2v) is 6.87. The molecule has 0 aliphatic rings. The number of carbonyl (C=O) groups excluding carboxylic acids is 1. The fourth-order valence-electron chi connectivity index (χ4n) is 2.75. The summed E-state index contributed by atoms with van der Waals surface area (Å²) in [5, 5.41) is 11.1. The van der Waals surface area contributed by atoms with E-state index in [1.807, 2.05) is 60.8 Å². The number of H-pyrrole nitrogens is 2. The van der Waals surface area contributed by atoms with Crippen LogP contribution in [0.3, 0.4) is 0 Å². The number of benzene rings is 2. The number of carbonyl (C=O) groups is 1. The van der Waals surface area contributed by atoms with Crippen LogP contribution in [0.2, 0.25) is 0 Å². The van der Waals surface area contributed by atoms with Gasteiger partial charge in [-0.15, -0.1) is 11.8 Å². The number of nitrogens with two attached hydrogens (primary N) is 1. The molecule has 1 amide bonds. The van der Waals surface area contributed by atoms with Crippen molar-refractivity contribution in [1.29, 1.82) is 0 Å². The zero-order valence-corrected chi connectivity index (χ0v) is 14.6. The Morgan fingerprint density at radius 2 is 2.04 bits per heavy atom. The van der Waals surface area contributed by atoms with Crippen LogP contribution in [0, 0.1) is 0 Å². The van der Waals surface area contributed by atoms with E-state index >= 15 is 0 Å². The van der Waals surface area contributed by atoms with Crippen LogP contribution in [0.25, 0.3) is 22.2 Å². The first kappa shape index (κ1) is 16.3. The van der Waals surface area contributed by atoms with E-state index in [0.717, 1.165) is 27.1 Å². The number of aromatic amines is 2. The van der Waals surface area contributed by atoms with Crippen LogP contribution in [0.1, 0.15) is 0 Å². The lowest BCUT2D eigenvalue weighted by atomic mass is 10.1. The summed E-state index contributed by atoms with van der Waals surface area (Å²) in [5.74, 6) is 0.677. The monoisotopic (exact) mass is 363 g/mol. The van der Waals surface area contributed by atoms with Crippen molar-refractivity contribution in [3.63, 3.8) is 0 Å². The number of anilines is 2. The summed E-state index contributed by atoms with van der Waals surface area (Å²) in [6, 6.07) is 17.3. The third kappa shape index (κ3) is 3.43. The van der Waals surface area contributed by atoms with Crippen molar-refractivity contribution in [3.05, 3.63) is 60.8 Å². The number of nitrogen functional groups attached to an aromatic ring is 1. The van der Waals surface area contributed by atoms with Crippen LogP contribution >= 0.6 is 11.8 Å². The maximum absolute atomic E-state index is 12.2. The molecule has 0 aliphatic heterocycles. The molecule has 2 heterocycles. The molecule has 0 spiro atoms. The van der Waals surface area contributed by atoms with Crippen molar-refractivity contribution in [2.75, 3.05) is 16.8 Å². The number of rotatable bonds is 5. The summed E-state index contributed by atoms with van der Waals surface area (Å²) in [6.45, 7) is 0. The highest BCUT2D eigenvalue weighted by Gasteiger charge is 2.11. The standard InChI is InChI=1S/C19H17N5OS/c20-12-4-3-5-13(8-12)26-11-19(25)22-18-9-17(23-24-18)15-10-21-16-7-2-1-6-14(15)16/h1-10,21H,11,20H2,(H2,22,23,24,25). The zero-order valence-electron chi connectivity index (χ0n) is 13.8. The fourth-order valence-corrected chi connectivity index (χ4v) is 3.51. The summed E-state index contributed by atoms with van der Waals surface area (Å²) in [7, 11) is 0. The number of hydrogen-bond acceptors (Lipinski definition) is 4. The molecule has 4 aromatic rings. The van der Waals surface area contributed by atoms with Crippen LogP contribution in [0.4, 0.5) is 11.5 Å². The third-order valence-electron chi connectivity index (χ3n) is 3.95. The van der Waals surface area contributed by atoms with E-state index in [-0.39, 0.29) is 5.91 Å². The SMILES string of the molecule is Nc1cccc(SCC(=O)Nc2cc(-c3c[nH]c4ccccc34)[nH]n2)c1. The van der Waals surface area contributed by atoms with Crippen molar-refractivity contribution in [1.82, 2.24) is 15.2 Å². The molecule has 4 rings (SSSR count). The highest BCUT2D eigenvalue weighted by molar-refractivity contribution is 8.00. The van der Waals surface area contributed by atoms with Gasteiger partial charge in [0, 0.05) is 39.3 Å². The number of hydrogen-bond donors (Lipinski definition) is 4. The van der Waals surface area contributed by atoms with Crippen molar-refractivity contribution in [2.24, 2.45) is 0 Å². The Hall–Kier alpha value is -3.19. The van der Waals surface area contributed by atoms with Gasteiger partial charge in [0.05, 0.1) is 11.4 Å². The number of nitrogens with zero attached hydrogens (tertiary/aromatic N) is 1. The lowest BCUT2D eigenvalue weighted by Gasteiger charge is -2.03. The molecule has 0 saturated carbocycles. The Morgan fingerprint density at radius 3 is 2.92 bits per heavy atom. The predicted octanol–water partition coefficient (Wildman–Crippen LogP) is 3.87. The maximum atomic E-state index is 12.2. The number of amides is 1. The van der Waals surface area contributed by atoms with Crippen molar-refractivity contribution in [2.45, 2.75) is 4.90 Å². The van der Waals surface area contributed by atoms with Crippen LogP contribution in [0.5, 0.6) is 0 Å². The van der Waals surface area contributed by atoms with Crippen molar-refractivity contribution < 1.29 is 4.79 Å². The average Bonchev–Trinajstić information content (AvgIpc) is 3.26. The topological polar surface area (TPSA) is 99.6 Å². The summed E-state index contributed by atoms with van der Waals surface area (Å²) in [4.78, 5) is 16.3. The Kier molecular flexibility index (Phi) is 4.37. The molecule has 0 saturated heterocycles. The van der Waals surface area contributed by atoms with E-state index < -0.39 is 0 Å². The first-order valence-electron chi connectivity index (χ1n) is 8.09. The molecule has 0 radical (unpaired) electrons. The van der Waals surface area contributed by atoms with Crippen LogP contribution in [-0.2, 0) is 4.79 Å². The van der Waals surface area contributed by atoms with E-state index in [1.165, 1.54) is 11.8 Å². The van der Waals surface area contributed by atoms with E-state index in [2.05, 4.69) is 20.5 Å². The molecule has 0 fully saturated rings. The molecule has 2 aromatic heterocycles. The Morgan fingerprint density at radius 1 is 1.15 bits per heavy atom. The lowest BCUT2D eigenvalue weighted by molar-refractivity contribution is -0.113. The summed E-state index contributed by atoms with van der Waals surface area (Å²) < 4.78 is 0. The molecule has 0 atom stereocenters. The molecule has 5 N–H and O–H groups in total. The van der Waals surface area contributed by atoms with Gasteiger partial charge in [-0.05, 0) is 24.3 Å². The molecule has 6 nitrogen and oxygen atoms in total. The van der Waals surface area contributed by atoms with Gasteiger partial charge in [0.25, 0.3) is 0 Å². The van der Waals surface area contributed by atoms with Gasteiger partial charge < -0.3 is 16.0 Å². The molecule has 26 heavy (non-hydrogen) atoms. The van der Waals surface area contributed by atoms with Gasteiger partial charge in [0.1, 0.15) is 0 Å². The second-order valence-electron chi connectivity index (χ2n) is 5.82. The van der Waals surface area contributed by atoms with Gasteiger partial charge in [-0.3, -0.25) is 9.89 Å². The third-order valence-corrected chi connectivity index (χ3v) is 4.95. The molecular weight excluding hydrogens is 346 g/mol. The molecule has 0 aliphatic carbocycles. The molecule has 130 valence electrons. The zero-order chi connectivity index (χ0) is 17.9. The van der Waals surface area contributed by atoms with Crippen LogP contribution in [-0.4, -0.2) is 26.8 Å². The van der Waals surface area contributed by atoms with Gasteiger partial charge in [-0.25, -0.2) is 0 Å². The van der Waals surface area contributed by atoms with Gasteiger partial charge in [0.2, 0.25) is 5.91 Å². The largest absolute Gasteiger partial charge is 0.399 e. The number of fused-ring (bicyclic) bond motifs is 1. The minimum Gasteiger partial charge on any atom is -0.399 e. The van der Waals surface area contributed by atoms with Gasteiger partial charge in [0.15, 0.2) is 5.82 Å². The Balaban J connectivity index is 1.42. The Bertz CT molecular complexity index is 1070. The first-order valence-corrected chi connectivity index (χ1v) is 9.08. The van der Waals surface area contributed by atoms with Gasteiger partial charge in [-0.2, -0.15) is 5.10 Å². The first-order chi connectivity index (χ1) is 12.7. The van der Waals surface area contributed by atoms with E-state index in [0.29, 0.717) is 17.3 Å². The van der Waals surface area contributed by atoms with Gasteiger partial charge >= 0.3 is 0 Å². The smallest absolute Gasteiger partial charge is 0.235 e. The number of nitrogens with one attached hydrogen (secondary N) is 3. The predicted molar refractivity (Wildman–Crippen MR) is 106 cm³/mol. The molecule has 2 aromatic carbocycles. The fraction of sp³-hybridized carbons (Fsp3) is 0.0526. The minimum atomic E-state index is -0.116. The van der Waals surface area contributed by atoms with Crippen LogP contribution in [0.15, 0.2) is 65.7 Å². The van der Waals surface area contributed by atoms with E-state index in [1.54, 1.807) is 0 Å². The summed E-state index contributed by atoms with van der Waals surface area (Å²) in [5.41, 5.74) is 9.35. The molecule has 0 bridgehead atoms. The van der Waals surface area contributed by atoms with E-state index in [9.17, 15) is 4.79 Å². The number of para-hydroxylation sites is 1. The van der Waals surface area contributed by atoms with E-state index in [4.69, 9.17) is 5.73 Å². The number of thioether (sulfide) groups is 1. The number of aromatic nitrogens is 3. The summed E-state index contributed by atoms with van der Waals surface area (Å²) in [6.07, 6.45) is 1.93. The van der Waals surface area contributed by atoms with Crippen molar-refractivity contribution >= 4 is 40.1 Å². The summed E-state index contributed by atoms with van der Waals surface area (Å²) >= 11 is 1.43. The Labute approximate surface area is 154 Å². The molecule has 0 unspecified atom stereocenters. The second kappa shape index (κ2) is 6.97. The minimum absolute atomic E-state index is 0.116. The lowest BCUT2D eigenvalue weighted by Crippen LogP contribution is -2.14. The highest BCUT2D eigenvalue weighted by Crippen LogP contribution is 2.28. The molecular formula is C19H17N5OS. The van der Waals surface area contributed by atoms with Gasteiger partial charge in [-0.1, -0.05) is 24.3 Å². The highest BCUT2D eigenvalue weighted by atomic mass is 32.2. The quantitative estimate of drug-likeness (QED) is 0.319. The van der Waals surface area contributed by atoms with Crippen LogP contribution < -0.4 is 11.1 Å².